The van der Waals surface area contributed by atoms with Gasteiger partial charge in [0.05, 0.1) is 18.7 Å². The maximum Gasteiger partial charge on any atom is 0.161 e. The Morgan fingerprint density at radius 2 is 2.00 bits per heavy atom. The molecule has 3 aromatic rings. The molecule has 0 fully saturated rings. The molecule has 0 bridgehead atoms. The molecule has 0 amide bonds. The third-order valence-electron chi connectivity index (χ3n) is 4.09. The zero-order valence-corrected chi connectivity index (χ0v) is 14.1. The molecule has 0 aliphatic heterocycles. The Kier molecular flexibility index (Phi) is 4.60. The highest BCUT2D eigenvalue weighted by molar-refractivity contribution is 5.60. The summed E-state index contributed by atoms with van der Waals surface area (Å²) in [4.78, 5) is 15.4. The van der Waals surface area contributed by atoms with Gasteiger partial charge in [-0.3, -0.25) is 0 Å². The molecule has 0 radical (unpaired) electrons. The molecule has 3 rings (SSSR count). The van der Waals surface area contributed by atoms with E-state index in [0.29, 0.717) is 18.3 Å². The van der Waals surface area contributed by atoms with Gasteiger partial charge in [-0.15, -0.1) is 0 Å². The Bertz CT molecular complexity index is 842. The lowest BCUT2D eigenvalue weighted by atomic mass is 10.0. The lowest BCUT2D eigenvalue weighted by molar-refractivity contribution is -0.108. The summed E-state index contributed by atoms with van der Waals surface area (Å²) in [5, 5.41) is 4.38. The van der Waals surface area contributed by atoms with Crippen molar-refractivity contribution in [3.8, 4) is 5.75 Å². The minimum atomic E-state index is -0.313. The average Bonchev–Trinajstić information content (AvgIpc) is 3.04. The molecule has 0 saturated carbocycles. The quantitative estimate of drug-likeness (QED) is 0.651. The van der Waals surface area contributed by atoms with Crippen LogP contribution < -0.4 is 4.74 Å². The van der Waals surface area contributed by atoms with Crippen LogP contribution in [0.5, 0.6) is 5.75 Å². The third-order valence-corrected chi connectivity index (χ3v) is 4.09. The van der Waals surface area contributed by atoms with Crippen molar-refractivity contribution >= 4 is 11.9 Å². The van der Waals surface area contributed by atoms with Gasteiger partial charge < -0.3 is 9.53 Å². The number of carbonyl (C=O) groups excluding carboxylic acids is 1. The molecule has 2 aromatic heterocycles. The van der Waals surface area contributed by atoms with E-state index in [1.807, 2.05) is 37.4 Å². The van der Waals surface area contributed by atoms with Crippen LogP contribution in [0.15, 0.2) is 42.6 Å². The molecule has 2 unspecified atom stereocenters. The normalized spacial score (nSPS) is 13.6. The predicted octanol–water partition coefficient (Wildman–Crippen LogP) is 3.52. The van der Waals surface area contributed by atoms with Crippen LogP contribution in [0.2, 0.25) is 0 Å². The van der Waals surface area contributed by atoms with Crippen molar-refractivity contribution in [2.75, 3.05) is 6.61 Å². The highest BCUT2D eigenvalue weighted by Gasteiger charge is 2.14. The number of aryl methyl sites for hydroxylation is 1. The van der Waals surface area contributed by atoms with Crippen LogP contribution in [-0.4, -0.2) is 27.5 Å². The highest BCUT2D eigenvalue weighted by Crippen LogP contribution is 2.21. The van der Waals surface area contributed by atoms with E-state index in [2.05, 4.69) is 29.1 Å². The van der Waals surface area contributed by atoms with E-state index < -0.39 is 0 Å². The van der Waals surface area contributed by atoms with Crippen LogP contribution in [0, 0.1) is 6.92 Å². The Labute approximate surface area is 141 Å². The number of rotatable bonds is 6. The van der Waals surface area contributed by atoms with Crippen molar-refractivity contribution in [1.29, 1.82) is 0 Å². The SMILES string of the molecule is Cc1cc(OCC(C)c2ccccc2)cn2nc(C(C)C=O)nc12. The number of hydrogen-bond donors (Lipinski definition) is 0. The summed E-state index contributed by atoms with van der Waals surface area (Å²) < 4.78 is 7.64. The van der Waals surface area contributed by atoms with Crippen LogP contribution >= 0.6 is 0 Å². The number of hydrogen-bond acceptors (Lipinski definition) is 4. The van der Waals surface area contributed by atoms with Crippen LogP contribution in [0.3, 0.4) is 0 Å². The number of pyridine rings is 1. The van der Waals surface area contributed by atoms with E-state index in [-0.39, 0.29) is 5.92 Å². The Hall–Kier alpha value is -2.69. The highest BCUT2D eigenvalue weighted by atomic mass is 16.5. The van der Waals surface area contributed by atoms with Gasteiger partial charge in [0.15, 0.2) is 11.5 Å². The maximum absolute atomic E-state index is 10.9. The number of ether oxygens (including phenoxy) is 1. The largest absolute Gasteiger partial charge is 0.491 e. The lowest BCUT2D eigenvalue weighted by Gasteiger charge is -2.14. The predicted molar refractivity (Wildman–Crippen MR) is 92.6 cm³/mol. The van der Waals surface area contributed by atoms with E-state index in [1.54, 1.807) is 11.4 Å². The third kappa shape index (κ3) is 3.30. The molecule has 0 saturated heterocycles. The van der Waals surface area contributed by atoms with E-state index >= 15 is 0 Å². The topological polar surface area (TPSA) is 56.5 Å². The fourth-order valence-electron chi connectivity index (χ4n) is 2.57. The molecule has 0 aliphatic carbocycles. The molecule has 0 spiro atoms. The number of fused-ring (bicyclic) bond motifs is 1. The molecule has 2 atom stereocenters. The van der Waals surface area contributed by atoms with E-state index in [9.17, 15) is 4.79 Å². The Balaban J connectivity index is 1.79. The van der Waals surface area contributed by atoms with Gasteiger partial charge in [-0.25, -0.2) is 9.50 Å². The Morgan fingerprint density at radius 3 is 2.71 bits per heavy atom. The minimum absolute atomic E-state index is 0.295. The fourth-order valence-corrected chi connectivity index (χ4v) is 2.57. The summed E-state index contributed by atoms with van der Waals surface area (Å²) >= 11 is 0. The molecule has 2 heterocycles. The van der Waals surface area contributed by atoms with Crippen molar-refractivity contribution in [3.05, 3.63) is 59.5 Å². The average molecular weight is 323 g/mol. The second kappa shape index (κ2) is 6.83. The van der Waals surface area contributed by atoms with Gasteiger partial charge in [0.25, 0.3) is 0 Å². The van der Waals surface area contributed by atoms with Gasteiger partial charge >= 0.3 is 0 Å². The summed E-state index contributed by atoms with van der Waals surface area (Å²) in [6, 6.07) is 12.2. The van der Waals surface area contributed by atoms with Crippen molar-refractivity contribution in [3.63, 3.8) is 0 Å². The second-order valence-electron chi connectivity index (χ2n) is 6.14. The number of nitrogens with zero attached hydrogens (tertiary/aromatic N) is 3. The van der Waals surface area contributed by atoms with E-state index in [1.165, 1.54) is 5.56 Å². The van der Waals surface area contributed by atoms with Crippen molar-refractivity contribution in [2.45, 2.75) is 32.6 Å². The smallest absolute Gasteiger partial charge is 0.161 e. The summed E-state index contributed by atoms with van der Waals surface area (Å²) in [5.74, 6) is 1.26. The maximum atomic E-state index is 10.9. The van der Waals surface area contributed by atoms with Gasteiger partial charge in [0.1, 0.15) is 12.0 Å². The van der Waals surface area contributed by atoms with Gasteiger partial charge in [-0.1, -0.05) is 37.3 Å². The molecule has 24 heavy (non-hydrogen) atoms. The second-order valence-corrected chi connectivity index (χ2v) is 6.14. The summed E-state index contributed by atoms with van der Waals surface area (Å²) in [6.45, 7) is 6.48. The number of carbonyl (C=O) groups is 1. The minimum Gasteiger partial charge on any atom is -0.491 e. The van der Waals surface area contributed by atoms with Crippen LogP contribution in [-0.2, 0) is 4.79 Å². The zero-order chi connectivity index (χ0) is 17.1. The first-order valence-electron chi connectivity index (χ1n) is 8.08. The summed E-state index contributed by atoms with van der Waals surface area (Å²) in [6.07, 6.45) is 2.66. The van der Waals surface area contributed by atoms with Crippen molar-refractivity contribution < 1.29 is 9.53 Å². The molecule has 5 heteroatoms. The zero-order valence-electron chi connectivity index (χ0n) is 14.1. The van der Waals surface area contributed by atoms with Gasteiger partial charge in [-0.2, -0.15) is 5.10 Å². The van der Waals surface area contributed by atoms with Gasteiger partial charge in [0, 0.05) is 5.92 Å². The fraction of sp³-hybridized carbons (Fsp3) is 0.316. The van der Waals surface area contributed by atoms with Crippen molar-refractivity contribution in [2.24, 2.45) is 0 Å². The molecule has 5 nitrogen and oxygen atoms in total. The molecular formula is C19H21N3O2. The molecule has 1 aromatic carbocycles. The van der Waals surface area contributed by atoms with E-state index in [4.69, 9.17) is 4.74 Å². The van der Waals surface area contributed by atoms with E-state index in [0.717, 1.165) is 23.2 Å². The monoisotopic (exact) mass is 323 g/mol. The van der Waals surface area contributed by atoms with Crippen LogP contribution in [0.1, 0.15) is 42.6 Å². The first-order chi connectivity index (χ1) is 11.6. The first-order valence-corrected chi connectivity index (χ1v) is 8.08. The number of benzene rings is 1. The molecule has 124 valence electrons. The lowest BCUT2D eigenvalue weighted by Crippen LogP contribution is -2.07. The van der Waals surface area contributed by atoms with Crippen LogP contribution in [0.4, 0.5) is 0 Å². The molecular weight excluding hydrogens is 302 g/mol. The first kappa shape index (κ1) is 16.2. The molecule has 0 aliphatic rings. The summed E-state index contributed by atoms with van der Waals surface area (Å²) in [5.41, 5.74) is 2.97. The standard InChI is InChI=1S/C19H21N3O2/c1-13-9-17(24-12-15(3)16-7-5-4-6-8-16)10-22-19(13)20-18(21-22)14(2)11-23/h4-11,14-15H,12H2,1-3H3. The molecule has 0 N–H and O–H groups in total. The van der Waals surface area contributed by atoms with Gasteiger partial charge in [-0.05, 0) is 31.0 Å². The van der Waals surface area contributed by atoms with Gasteiger partial charge in [0.2, 0.25) is 0 Å². The number of aldehydes is 1. The number of aromatic nitrogens is 3. The summed E-state index contributed by atoms with van der Waals surface area (Å²) in [7, 11) is 0. The Morgan fingerprint density at radius 1 is 1.25 bits per heavy atom. The van der Waals surface area contributed by atoms with Crippen LogP contribution in [0.25, 0.3) is 5.65 Å². The van der Waals surface area contributed by atoms with Crippen molar-refractivity contribution in [1.82, 2.24) is 14.6 Å².